The predicted octanol–water partition coefficient (Wildman–Crippen LogP) is 3.23. The summed E-state index contributed by atoms with van der Waals surface area (Å²) in [6.07, 6.45) is 1.66. The van der Waals surface area contributed by atoms with Gasteiger partial charge in [0.2, 0.25) is 0 Å². The summed E-state index contributed by atoms with van der Waals surface area (Å²) in [6, 6.07) is 10.6. The molecule has 0 heterocycles. The molecule has 0 radical (unpaired) electrons. The number of hydrogen-bond donors (Lipinski definition) is 1. The Hall–Kier alpha value is -0.860. The number of aliphatic hydroxyl groups is 1. The molecule has 0 aromatic heterocycles. The first kappa shape index (κ1) is 14.2. The largest absolute Gasteiger partial charge is 0.387 e. The SMILES string of the molecule is CCC(C)N(C)C(CC)C(O)c1ccccc1. The van der Waals surface area contributed by atoms with Gasteiger partial charge in [-0.15, -0.1) is 0 Å². The van der Waals surface area contributed by atoms with E-state index in [9.17, 15) is 5.11 Å². The monoisotopic (exact) mass is 235 g/mol. The van der Waals surface area contributed by atoms with E-state index in [1.165, 1.54) is 0 Å². The molecule has 3 unspecified atom stereocenters. The average Bonchev–Trinajstić information content (AvgIpc) is 2.39. The molecule has 1 aromatic carbocycles. The van der Waals surface area contributed by atoms with E-state index >= 15 is 0 Å². The Balaban J connectivity index is 2.80. The van der Waals surface area contributed by atoms with Crippen molar-refractivity contribution in [3.05, 3.63) is 35.9 Å². The van der Waals surface area contributed by atoms with Crippen molar-refractivity contribution in [2.45, 2.75) is 51.8 Å². The molecule has 1 rings (SSSR count). The van der Waals surface area contributed by atoms with Crippen LogP contribution < -0.4 is 0 Å². The first-order valence-electron chi connectivity index (χ1n) is 6.56. The zero-order chi connectivity index (χ0) is 12.8. The van der Waals surface area contributed by atoms with Crippen molar-refractivity contribution in [2.24, 2.45) is 0 Å². The van der Waals surface area contributed by atoms with E-state index in [4.69, 9.17) is 0 Å². The molecule has 1 N–H and O–H groups in total. The third kappa shape index (κ3) is 3.55. The summed E-state index contributed by atoms with van der Waals surface area (Å²) < 4.78 is 0. The van der Waals surface area contributed by atoms with E-state index in [2.05, 4.69) is 32.7 Å². The quantitative estimate of drug-likeness (QED) is 0.818. The molecule has 1 aromatic rings. The van der Waals surface area contributed by atoms with Gasteiger partial charge < -0.3 is 5.11 Å². The molecule has 17 heavy (non-hydrogen) atoms. The third-order valence-corrected chi connectivity index (χ3v) is 3.73. The van der Waals surface area contributed by atoms with Crippen molar-refractivity contribution in [3.63, 3.8) is 0 Å². The van der Waals surface area contributed by atoms with Gasteiger partial charge in [-0.1, -0.05) is 44.2 Å². The Bertz CT molecular complexity index is 312. The molecule has 0 saturated carbocycles. The Kier molecular flexibility index (Phi) is 5.66. The molecule has 0 saturated heterocycles. The molecular weight excluding hydrogens is 210 g/mol. The van der Waals surface area contributed by atoms with E-state index in [1.54, 1.807) is 0 Å². The lowest BCUT2D eigenvalue weighted by molar-refractivity contribution is 0.0401. The Morgan fingerprint density at radius 1 is 1.12 bits per heavy atom. The first-order chi connectivity index (χ1) is 8.11. The molecule has 0 aliphatic heterocycles. The van der Waals surface area contributed by atoms with Crippen LogP contribution >= 0.6 is 0 Å². The highest BCUT2D eigenvalue weighted by Gasteiger charge is 2.25. The molecule has 0 bridgehead atoms. The van der Waals surface area contributed by atoms with Crippen LogP contribution in [0.3, 0.4) is 0 Å². The fraction of sp³-hybridized carbons (Fsp3) is 0.600. The molecule has 0 aliphatic rings. The fourth-order valence-electron chi connectivity index (χ4n) is 2.22. The van der Waals surface area contributed by atoms with Gasteiger partial charge in [0.1, 0.15) is 0 Å². The summed E-state index contributed by atoms with van der Waals surface area (Å²) in [6.45, 7) is 6.53. The van der Waals surface area contributed by atoms with Crippen molar-refractivity contribution >= 4 is 0 Å². The lowest BCUT2D eigenvalue weighted by Gasteiger charge is -2.35. The van der Waals surface area contributed by atoms with Crippen LogP contribution in [-0.2, 0) is 0 Å². The Morgan fingerprint density at radius 2 is 1.71 bits per heavy atom. The van der Waals surface area contributed by atoms with Crippen molar-refractivity contribution in [3.8, 4) is 0 Å². The number of aliphatic hydroxyl groups excluding tert-OH is 1. The van der Waals surface area contributed by atoms with Crippen LogP contribution in [0.1, 0.15) is 45.3 Å². The summed E-state index contributed by atoms with van der Waals surface area (Å²) in [5.41, 5.74) is 1.01. The molecule has 2 heteroatoms. The first-order valence-corrected chi connectivity index (χ1v) is 6.56. The molecule has 0 amide bonds. The van der Waals surface area contributed by atoms with Gasteiger partial charge in [-0.2, -0.15) is 0 Å². The van der Waals surface area contributed by atoms with Crippen molar-refractivity contribution in [1.29, 1.82) is 0 Å². The van der Waals surface area contributed by atoms with Gasteiger partial charge in [-0.25, -0.2) is 0 Å². The maximum Gasteiger partial charge on any atom is 0.0945 e. The lowest BCUT2D eigenvalue weighted by atomic mass is 9.98. The summed E-state index contributed by atoms with van der Waals surface area (Å²) in [5, 5.41) is 10.5. The van der Waals surface area contributed by atoms with Gasteiger partial charge in [0.25, 0.3) is 0 Å². The summed E-state index contributed by atoms with van der Waals surface area (Å²) in [7, 11) is 2.11. The molecule has 96 valence electrons. The van der Waals surface area contributed by atoms with Crippen LogP contribution in [0.15, 0.2) is 30.3 Å². The van der Waals surface area contributed by atoms with Gasteiger partial charge >= 0.3 is 0 Å². The molecule has 0 spiro atoms. The van der Waals surface area contributed by atoms with Crippen LogP contribution in [0.2, 0.25) is 0 Å². The van der Waals surface area contributed by atoms with Crippen LogP contribution in [0, 0.1) is 0 Å². The van der Waals surface area contributed by atoms with Crippen LogP contribution in [-0.4, -0.2) is 29.1 Å². The van der Waals surface area contributed by atoms with E-state index < -0.39 is 6.10 Å². The van der Waals surface area contributed by atoms with Crippen molar-refractivity contribution in [2.75, 3.05) is 7.05 Å². The summed E-state index contributed by atoms with van der Waals surface area (Å²) in [4.78, 5) is 2.29. The van der Waals surface area contributed by atoms with Gasteiger partial charge in [0, 0.05) is 12.1 Å². The minimum absolute atomic E-state index is 0.187. The fourth-order valence-corrected chi connectivity index (χ4v) is 2.22. The zero-order valence-corrected chi connectivity index (χ0v) is 11.4. The molecule has 2 nitrogen and oxygen atoms in total. The van der Waals surface area contributed by atoms with Gasteiger partial charge in [-0.3, -0.25) is 4.90 Å². The highest BCUT2D eigenvalue weighted by molar-refractivity contribution is 5.18. The number of hydrogen-bond acceptors (Lipinski definition) is 2. The maximum atomic E-state index is 10.5. The summed E-state index contributed by atoms with van der Waals surface area (Å²) in [5.74, 6) is 0. The van der Waals surface area contributed by atoms with Crippen LogP contribution in [0.5, 0.6) is 0 Å². The third-order valence-electron chi connectivity index (χ3n) is 3.73. The standard InChI is InChI=1S/C15H25NO/c1-5-12(3)16(4)14(6-2)15(17)13-10-8-7-9-11-13/h7-12,14-15,17H,5-6H2,1-4H3. The minimum Gasteiger partial charge on any atom is -0.387 e. The lowest BCUT2D eigenvalue weighted by Crippen LogP contribution is -2.41. The normalized spacial score (nSPS) is 16.8. The predicted molar refractivity (Wildman–Crippen MR) is 73.0 cm³/mol. The second kappa shape index (κ2) is 6.77. The second-order valence-corrected chi connectivity index (χ2v) is 4.75. The van der Waals surface area contributed by atoms with Crippen molar-refractivity contribution in [1.82, 2.24) is 4.90 Å². The molecule has 0 fully saturated rings. The average molecular weight is 235 g/mol. The minimum atomic E-state index is -0.403. The molecule has 0 aliphatic carbocycles. The Morgan fingerprint density at radius 3 is 2.18 bits per heavy atom. The topological polar surface area (TPSA) is 23.5 Å². The van der Waals surface area contributed by atoms with Gasteiger partial charge in [0.15, 0.2) is 0 Å². The van der Waals surface area contributed by atoms with Gasteiger partial charge in [-0.05, 0) is 32.4 Å². The van der Waals surface area contributed by atoms with Gasteiger partial charge in [0.05, 0.1) is 6.10 Å². The zero-order valence-electron chi connectivity index (χ0n) is 11.4. The highest BCUT2D eigenvalue weighted by Crippen LogP contribution is 2.24. The van der Waals surface area contributed by atoms with E-state index in [1.807, 2.05) is 30.3 Å². The highest BCUT2D eigenvalue weighted by atomic mass is 16.3. The second-order valence-electron chi connectivity index (χ2n) is 4.75. The number of rotatable bonds is 6. The smallest absolute Gasteiger partial charge is 0.0945 e. The number of likely N-dealkylation sites (N-methyl/N-ethyl adjacent to an activating group) is 1. The van der Waals surface area contributed by atoms with E-state index in [-0.39, 0.29) is 6.04 Å². The molecule has 3 atom stereocenters. The number of benzene rings is 1. The number of nitrogens with zero attached hydrogens (tertiary/aromatic N) is 1. The Labute approximate surface area is 105 Å². The van der Waals surface area contributed by atoms with Crippen LogP contribution in [0.4, 0.5) is 0 Å². The molecular formula is C15H25NO. The summed E-state index contributed by atoms with van der Waals surface area (Å²) >= 11 is 0. The maximum absolute atomic E-state index is 10.5. The van der Waals surface area contributed by atoms with Crippen molar-refractivity contribution < 1.29 is 5.11 Å². The van der Waals surface area contributed by atoms with E-state index in [0.29, 0.717) is 6.04 Å². The van der Waals surface area contributed by atoms with Crippen LogP contribution in [0.25, 0.3) is 0 Å². The van der Waals surface area contributed by atoms with E-state index in [0.717, 1.165) is 18.4 Å².